The number of alkyl halides is 2. The van der Waals surface area contributed by atoms with Gasteiger partial charge in [-0.25, -0.2) is 9.48 Å². The molecule has 0 bridgehead atoms. The second-order valence-electron chi connectivity index (χ2n) is 6.82. The minimum atomic E-state index is -2.95. The Bertz CT molecular complexity index is 1080. The van der Waals surface area contributed by atoms with Crippen molar-refractivity contribution < 1.29 is 27.8 Å². The molecule has 31 heavy (non-hydrogen) atoms. The maximum absolute atomic E-state index is 12.3. The number of esters is 1. The Kier molecular flexibility index (Phi) is 6.64. The van der Waals surface area contributed by atoms with Crippen molar-refractivity contribution in [3.8, 4) is 11.4 Å². The highest BCUT2D eigenvalue weighted by Gasteiger charge is 2.17. The number of aryl methyl sites for hydroxylation is 2. The van der Waals surface area contributed by atoms with E-state index in [2.05, 4.69) is 15.2 Å². The number of anilines is 1. The normalized spacial score (nSPS) is 10.8. The second kappa shape index (κ2) is 9.38. The molecule has 1 aromatic heterocycles. The first-order valence-electron chi connectivity index (χ1n) is 9.39. The average molecular weight is 429 g/mol. The lowest BCUT2D eigenvalue weighted by Gasteiger charge is -2.09. The molecule has 0 spiro atoms. The molecule has 3 aromatic rings. The summed E-state index contributed by atoms with van der Waals surface area (Å²) in [6.45, 7) is 2.11. The van der Waals surface area contributed by atoms with Gasteiger partial charge in [-0.15, -0.1) is 0 Å². The number of hydrogen-bond donors (Lipinski definition) is 1. The smallest absolute Gasteiger partial charge is 0.387 e. The molecule has 0 radical (unpaired) electrons. The zero-order valence-corrected chi connectivity index (χ0v) is 17.2. The molecule has 1 heterocycles. The Morgan fingerprint density at radius 1 is 1.03 bits per heavy atom. The van der Waals surface area contributed by atoms with Crippen LogP contribution in [0.5, 0.6) is 5.75 Å². The van der Waals surface area contributed by atoms with Crippen LogP contribution < -0.4 is 10.1 Å². The first-order valence-corrected chi connectivity index (χ1v) is 9.39. The van der Waals surface area contributed by atoms with Crippen molar-refractivity contribution in [2.24, 2.45) is 0 Å². The van der Waals surface area contributed by atoms with Gasteiger partial charge in [0.1, 0.15) is 5.75 Å². The minimum Gasteiger partial charge on any atom is -0.452 e. The molecule has 0 saturated heterocycles. The van der Waals surface area contributed by atoms with E-state index >= 15 is 0 Å². The monoisotopic (exact) mass is 429 g/mol. The van der Waals surface area contributed by atoms with Gasteiger partial charge in [0.05, 0.1) is 28.3 Å². The van der Waals surface area contributed by atoms with Crippen molar-refractivity contribution in [2.45, 2.75) is 27.4 Å². The third-order valence-electron chi connectivity index (χ3n) is 4.48. The van der Waals surface area contributed by atoms with Crippen LogP contribution in [0.15, 0.2) is 48.5 Å². The Balaban J connectivity index is 1.61. The molecule has 9 heteroatoms. The number of amides is 1. The first kappa shape index (κ1) is 21.9. The van der Waals surface area contributed by atoms with Crippen LogP contribution in [-0.4, -0.2) is 34.9 Å². The van der Waals surface area contributed by atoms with E-state index in [1.54, 1.807) is 11.6 Å². The third kappa shape index (κ3) is 5.44. The van der Waals surface area contributed by atoms with Crippen molar-refractivity contribution in [3.63, 3.8) is 0 Å². The number of carbonyl (C=O) groups excluding carboxylic acids is 2. The number of rotatable bonds is 7. The van der Waals surface area contributed by atoms with E-state index in [1.165, 1.54) is 24.3 Å². The van der Waals surface area contributed by atoms with Gasteiger partial charge >= 0.3 is 12.6 Å². The molecule has 2 aromatic carbocycles. The lowest BCUT2D eigenvalue weighted by molar-refractivity contribution is -0.119. The summed E-state index contributed by atoms with van der Waals surface area (Å²) >= 11 is 0. The van der Waals surface area contributed by atoms with Gasteiger partial charge < -0.3 is 14.8 Å². The summed E-state index contributed by atoms with van der Waals surface area (Å²) in [5, 5.41) is 7.18. The highest BCUT2D eigenvalue weighted by atomic mass is 19.3. The van der Waals surface area contributed by atoms with Crippen LogP contribution in [-0.2, 0) is 9.53 Å². The number of halogens is 2. The summed E-state index contributed by atoms with van der Waals surface area (Å²) in [6.07, 6.45) is 0. The highest BCUT2D eigenvalue weighted by molar-refractivity contribution is 5.96. The number of nitrogens with zero attached hydrogens (tertiary/aromatic N) is 2. The molecule has 0 aliphatic carbocycles. The molecule has 1 amide bonds. The topological polar surface area (TPSA) is 82.5 Å². The fourth-order valence-corrected chi connectivity index (χ4v) is 2.92. The average Bonchev–Trinajstić information content (AvgIpc) is 3.01. The Labute approximate surface area is 177 Å². The summed E-state index contributed by atoms with van der Waals surface area (Å²) in [4.78, 5) is 24.4. The van der Waals surface area contributed by atoms with Crippen molar-refractivity contribution in [3.05, 3.63) is 71.0 Å². The van der Waals surface area contributed by atoms with E-state index in [0.717, 1.165) is 16.9 Å². The molecular weight excluding hydrogens is 408 g/mol. The summed E-state index contributed by atoms with van der Waals surface area (Å²) in [5.74, 6) is -1.37. The van der Waals surface area contributed by atoms with Crippen molar-refractivity contribution in [2.75, 3.05) is 11.9 Å². The van der Waals surface area contributed by atoms with E-state index in [9.17, 15) is 18.4 Å². The quantitative estimate of drug-likeness (QED) is 0.570. The van der Waals surface area contributed by atoms with Gasteiger partial charge in [0.15, 0.2) is 6.61 Å². The molecule has 0 atom stereocenters. The van der Waals surface area contributed by atoms with Gasteiger partial charge in [0.2, 0.25) is 0 Å². The van der Waals surface area contributed by atoms with Crippen LogP contribution in [0.25, 0.3) is 5.69 Å². The van der Waals surface area contributed by atoms with Gasteiger partial charge in [-0.05, 0) is 57.2 Å². The number of aromatic nitrogens is 2. The molecule has 1 N–H and O–H groups in total. The van der Waals surface area contributed by atoms with E-state index in [1.807, 2.05) is 38.1 Å². The van der Waals surface area contributed by atoms with Crippen LogP contribution in [0.1, 0.15) is 27.3 Å². The van der Waals surface area contributed by atoms with E-state index in [4.69, 9.17) is 4.74 Å². The third-order valence-corrected chi connectivity index (χ3v) is 4.48. The number of nitrogens with one attached hydrogen (secondary N) is 1. The van der Waals surface area contributed by atoms with Gasteiger partial charge in [0.25, 0.3) is 5.91 Å². The lowest BCUT2D eigenvalue weighted by Crippen LogP contribution is -2.21. The fourth-order valence-electron chi connectivity index (χ4n) is 2.92. The number of carbonyl (C=O) groups is 2. The summed E-state index contributed by atoms with van der Waals surface area (Å²) in [5.41, 5.74) is 3.97. The highest BCUT2D eigenvalue weighted by Crippen LogP contribution is 2.23. The standard InChI is InChI=1S/C22H21F2N3O4/c1-13-4-8-17(9-5-13)27-15(3)20(14(2)26-27)25-19(28)12-30-21(29)16-6-10-18(11-7-16)31-22(23)24/h4-11,22H,12H2,1-3H3,(H,25,28). The van der Waals surface area contributed by atoms with Crippen molar-refractivity contribution in [1.29, 1.82) is 0 Å². The van der Waals surface area contributed by atoms with Crippen molar-refractivity contribution in [1.82, 2.24) is 9.78 Å². The SMILES string of the molecule is Cc1ccc(-n2nc(C)c(NC(=O)COC(=O)c3ccc(OC(F)F)cc3)c2C)cc1. The van der Waals surface area contributed by atoms with E-state index in [0.29, 0.717) is 11.4 Å². The number of ether oxygens (including phenoxy) is 2. The van der Waals surface area contributed by atoms with E-state index in [-0.39, 0.29) is 11.3 Å². The molecule has 162 valence electrons. The maximum Gasteiger partial charge on any atom is 0.387 e. The summed E-state index contributed by atoms with van der Waals surface area (Å²) in [6, 6.07) is 12.8. The van der Waals surface area contributed by atoms with Crippen LogP contribution in [0.4, 0.5) is 14.5 Å². The van der Waals surface area contributed by atoms with E-state index < -0.39 is 25.1 Å². The van der Waals surface area contributed by atoms with Gasteiger partial charge in [-0.2, -0.15) is 13.9 Å². The number of hydrogen-bond acceptors (Lipinski definition) is 5. The molecule has 7 nitrogen and oxygen atoms in total. The first-order chi connectivity index (χ1) is 14.7. The molecule has 0 saturated carbocycles. The minimum absolute atomic E-state index is 0.0826. The molecule has 0 fully saturated rings. The van der Waals surface area contributed by atoms with Crippen LogP contribution in [0.3, 0.4) is 0 Å². The van der Waals surface area contributed by atoms with Crippen LogP contribution in [0.2, 0.25) is 0 Å². The summed E-state index contributed by atoms with van der Waals surface area (Å²) in [7, 11) is 0. The Hall–Kier alpha value is -3.75. The predicted molar refractivity (Wildman–Crippen MR) is 110 cm³/mol. The maximum atomic E-state index is 12.3. The predicted octanol–water partition coefficient (Wildman–Crippen LogP) is 4.19. The molecule has 0 unspecified atom stereocenters. The van der Waals surface area contributed by atoms with Gasteiger partial charge in [-0.3, -0.25) is 4.79 Å². The zero-order chi connectivity index (χ0) is 22.5. The van der Waals surface area contributed by atoms with Crippen LogP contribution >= 0.6 is 0 Å². The molecular formula is C22H21F2N3O4. The molecule has 0 aliphatic rings. The van der Waals surface area contributed by atoms with Crippen LogP contribution in [0, 0.1) is 20.8 Å². The second-order valence-corrected chi connectivity index (χ2v) is 6.82. The lowest BCUT2D eigenvalue weighted by atomic mass is 10.2. The Morgan fingerprint density at radius 3 is 2.29 bits per heavy atom. The molecule has 0 aliphatic heterocycles. The molecule has 3 rings (SSSR count). The Morgan fingerprint density at radius 2 is 1.68 bits per heavy atom. The largest absolute Gasteiger partial charge is 0.452 e. The van der Waals surface area contributed by atoms with Crippen molar-refractivity contribution >= 4 is 17.6 Å². The van der Waals surface area contributed by atoms with Gasteiger partial charge in [-0.1, -0.05) is 17.7 Å². The fraction of sp³-hybridized carbons (Fsp3) is 0.227. The zero-order valence-electron chi connectivity index (χ0n) is 17.2. The summed E-state index contributed by atoms with van der Waals surface area (Å²) < 4.78 is 35.3. The van der Waals surface area contributed by atoms with Gasteiger partial charge in [0, 0.05) is 0 Å². The number of benzene rings is 2.